The van der Waals surface area contributed by atoms with Crippen LogP contribution < -0.4 is 5.32 Å². The Morgan fingerprint density at radius 1 is 1.11 bits per heavy atom. The van der Waals surface area contributed by atoms with Gasteiger partial charge in [-0.3, -0.25) is 9.59 Å². The number of carbonyl (C=O) groups excluding carboxylic acids is 1. The smallest absolute Gasteiger partial charge is 0.303 e. The van der Waals surface area contributed by atoms with E-state index in [1.165, 1.54) is 0 Å². The second kappa shape index (κ2) is 6.97. The van der Waals surface area contributed by atoms with Crippen LogP contribution in [0.2, 0.25) is 0 Å². The zero-order chi connectivity index (χ0) is 14.4. The summed E-state index contributed by atoms with van der Waals surface area (Å²) in [5.41, 5.74) is 1.49. The van der Waals surface area contributed by atoms with E-state index in [0.717, 1.165) is 24.2 Å². The molecule has 0 bridgehead atoms. The predicted octanol–water partition coefficient (Wildman–Crippen LogP) is 2.58. The molecule has 1 aromatic rings. The third-order valence-corrected chi connectivity index (χ3v) is 3.14. The van der Waals surface area contributed by atoms with Gasteiger partial charge in [-0.15, -0.1) is 0 Å². The number of unbranched alkanes of at least 4 members (excludes halogenated alkanes) is 2. The number of carboxylic acid groups (broad SMARTS) is 1. The van der Waals surface area contributed by atoms with Crippen LogP contribution in [0.1, 0.15) is 53.1 Å². The highest BCUT2D eigenvalue weighted by molar-refractivity contribution is 5.96. The molecule has 0 atom stereocenters. The van der Waals surface area contributed by atoms with Crippen molar-refractivity contribution in [1.29, 1.82) is 0 Å². The highest BCUT2D eigenvalue weighted by Gasteiger charge is 2.17. The molecule has 0 aliphatic heterocycles. The van der Waals surface area contributed by atoms with Gasteiger partial charge in [0.05, 0.1) is 5.56 Å². The van der Waals surface area contributed by atoms with Crippen molar-refractivity contribution < 1.29 is 19.1 Å². The van der Waals surface area contributed by atoms with Crippen LogP contribution >= 0.6 is 0 Å². The molecule has 0 aliphatic carbocycles. The molecule has 5 heteroatoms. The molecule has 1 heterocycles. The third kappa shape index (κ3) is 4.43. The average Bonchev–Trinajstić information content (AvgIpc) is 2.57. The van der Waals surface area contributed by atoms with Crippen molar-refractivity contribution in [2.75, 3.05) is 6.54 Å². The van der Waals surface area contributed by atoms with Gasteiger partial charge < -0.3 is 14.8 Å². The van der Waals surface area contributed by atoms with Crippen LogP contribution in [0.25, 0.3) is 0 Å². The summed E-state index contributed by atoms with van der Waals surface area (Å²) in [6.07, 6.45) is 2.42. The lowest BCUT2D eigenvalue weighted by Gasteiger charge is -2.05. The summed E-state index contributed by atoms with van der Waals surface area (Å²) in [7, 11) is 0. The van der Waals surface area contributed by atoms with Gasteiger partial charge in [-0.2, -0.15) is 0 Å². The van der Waals surface area contributed by atoms with E-state index in [1.807, 2.05) is 13.8 Å². The van der Waals surface area contributed by atoms with Gasteiger partial charge in [-0.05, 0) is 33.6 Å². The first-order valence-corrected chi connectivity index (χ1v) is 6.50. The van der Waals surface area contributed by atoms with Crippen molar-refractivity contribution in [3.63, 3.8) is 0 Å². The Bertz CT molecular complexity index is 462. The number of aryl methyl sites for hydroxylation is 2. The SMILES string of the molecule is Cc1oc(C)c(C(=O)NCCCCCC(=O)O)c1C. The van der Waals surface area contributed by atoms with Crippen LogP contribution in [0.3, 0.4) is 0 Å². The normalized spacial score (nSPS) is 10.5. The number of furan rings is 1. The number of aliphatic carboxylic acids is 1. The summed E-state index contributed by atoms with van der Waals surface area (Å²) in [5.74, 6) is 0.511. The van der Waals surface area contributed by atoms with E-state index in [0.29, 0.717) is 24.3 Å². The second-order valence-corrected chi connectivity index (χ2v) is 4.67. The Balaban J connectivity index is 2.34. The second-order valence-electron chi connectivity index (χ2n) is 4.67. The highest BCUT2D eigenvalue weighted by Crippen LogP contribution is 2.20. The molecule has 1 rings (SSSR count). The predicted molar refractivity (Wildman–Crippen MR) is 71.4 cm³/mol. The first-order chi connectivity index (χ1) is 8.93. The number of hydrogen-bond acceptors (Lipinski definition) is 3. The third-order valence-electron chi connectivity index (χ3n) is 3.14. The van der Waals surface area contributed by atoms with Gasteiger partial charge >= 0.3 is 5.97 Å². The Labute approximate surface area is 113 Å². The Kier molecular flexibility index (Phi) is 5.60. The standard InChI is InChI=1S/C14H21NO4/c1-9-10(2)19-11(3)13(9)14(18)15-8-6-4-5-7-12(16)17/h4-8H2,1-3H3,(H,15,18)(H,16,17). The van der Waals surface area contributed by atoms with Crippen LogP contribution in [0, 0.1) is 20.8 Å². The van der Waals surface area contributed by atoms with Gasteiger partial charge in [0.15, 0.2) is 0 Å². The molecular weight excluding hydrogens is 246 g/mol. The number of carboxylic acids is 1. The number of rotatable bonds is 7. The fourth-order valence-electron chi connectivity index (χ4n) is 2.00. The van der Waals surface area contributed by atoms with Crippen molar-refractivity contribution in [2.45, 2.75) is 46.5 Å². The molecule has 0 radical (unpaired) electrons. The lowest BCUT2D eigenvalue weighted by Crippen LogP contribution is -2.25. The van der Waals surface area contributed by atoms with Crippen LogP contribution in [0.4, 0.5) is 0 Å². The number of hydrogen-bond donors (Lipinski definition) is 2. The molecular formula is C14H21NO4. The van der Waals surface area contributed by atoms with Gasteiger partial charge in [0.1, 0.15) is 11.5 Å². The molecule has 1 aromatic heterocycles. The topological polar surface area (TPSA) is 79.5 Å². The maximum atomic E-state index is 12.0. The summed E-state index contributed by atoms with van der Waals surface area (Å²) in [6, 6.07) is 0. The fourth-order valence-corrected chi connectivity index (χ4v) is 2.00. The highest BCUT2D eigenvalue weighted by atomic mass is 16.4. The minimum absolute atomic E-state index is 0.120. The zero-order valence-corrected chi connectivity index (χ0v) is 11.7. The van der Waals surface area contributed by atoms with Crippen LogP contribution in [0.5, 0.6) is 0 Å². The molecule has 0 saturated carbocycles. The lowest BCUT2D eigenvalue weighted by atomic mass is 10.1. The summed E-state index contributed by atoms with van der Waals surface area (Å²) in [6.45, 7) is 6.04. The average molecular weight is 267 g/mol. The van der Waals surface area contributed by atoms with Crippen molar-refractivity contribution in [2.24, 2.45) is 0 Å². The van der Waals surface area contributed by atoms with Crippen LogP contribution in [-0.2, 0) is 4.79 Å². The van der Waals surface area contributed by atoms with Crippen molar-refractivity contribution >= 4 is 11.9 Å². The fraction of sp³-hybridized carbons (Fsp3) is 0.571. The van der Waals surface area contributed by atoms with E-state index in [1.54, 1.807) is 6.92 Å². The molecule has 2 N–H and O–H groups in total. The molecule has 0 saturated heterocycles. The van der Waals surface area contributed by atoms with Gasteiger partial charge in [-0.1, -0.05) is 6.42 Å². The Morgan fingerprint density at radius 2 is 1.79 bits per heavy atom. The van der Waals surface area contributed by atoms with Gasteiger partial charge in [0.2, 0.25) is 0 Å². The van der Waals surface area contributed by atoms with E-state index in [-0.39, 0.29) is 12.3 Å². The zero-order valence-electron chi connectivity index (χ0n) is 11.7. The summed E-state index contributed by atoms with van der Waals surface area (Å²) in [5, 5.41) is 11.3. The van der Waals surface area contributed by atoms with Crippen molar-refractivity contribution in [3.05, 3.63) is 22.6 Å². The number of amides is 1. The van der Waals surface area contributed by atoms with Gasteiger partial charge in [0, 0.05) is 18.5 Å². The summed E-state index contributed by atoms with van der Waals surface area (Å²) >= 11 is 0. The van der Waals surface area contributed by atoms with Gasteiger partial charge in [-0.25, -0.2) is 0 Å². The monoisotopic (exact) mass is 267 g/mol. The Hall–Kier alpha value is -1.78. The van der Waals surface area contributed by atoms with E-state index in [2.05, 4.69) is 5.32 Å². The maximum absolute atomic E-state index is 12.0. The van der Waals surface area contributed by atoms with E-state index in [4.69, 9.17) is 9.52 Å². The molecule has 0 fully saturated rings. The molecule has 106 valence electrons. The quantitative estimate of drug-likeness (QED) is 0.744. The minimum Gasteiger partial charge on any atom is -0.481 e. The lowest BCUT2D eigenvalue weighted by molar-refractivity contribution is -0.137. The number of nitrogens with one attached hydrogen (secondary N) is 1. The first-order valence-electron chi connectivity index (χ1n) is 6.50. The maximum Gasteiger partial charge on any atom is 0.303 e. The summed E-state index contributed by atoms with van der Waals surface area (Å²) < 4.78 is 5.41. The molecule has 0 aliphatic rings. The van der Waals surface area contributed by atoms with Crippen LogP contribution in [0.15, 0.2) is 4.42 Å². The molecule has 0 spiro atoms. The number of carbonyl (C=O) groups is 2. The molecule has 19 heavy (non-hydrogen) atoms. The molecule has 5 nitrogen and oxygen atoms in total. The molecule has 1 amide bonds. The first kappa shape index (κ1) is 15.3. The minimum atomic E-state index is -0.774. The molecule has 0 unspecified atom stereocenters. The molecule has 0 aromatic carbocycles. The van der Waals surface area contributed by atoms with Crippen LogP contribution in [-0.4, -0.2) is 23.5 Å². The van der Waals surface area contributed by atoms with Gasteiger partial charge in [0.25, 0.3) is 5.91 Å². The Morgan fingerprint density at radius 3 is 2.32 bits per heavy atom. The largest absolute Gasteiger partial charge is 0.481 e. The summed E-state index contributed by atoms with van der Waals surface area (Å²) in [4.78, 5) is 22.3. The van der Waals surface area contributed by atoms with E-state index >= 15 is 0 Å². The van der Waals surface area contributed by atoms with Crippen molar-refractivity contribution in [3.8, 4) is 0 Å². The van der Waals surface area contributed by atoms with E-state index in [9.17, 15) is 9.59 Å². The van der Waals surface area contributed by atoms with Crippen molar-refractivity contribution in [1.82, 2.24) is 5.32 Å². The van der Waals surface area contributed by atoms with E-state index < -0.39 is 5.97 Å².